The van der Waals surface area contributed by atoms with Gasteiger partial charge in [0.1, 0.15) is 5.75 Å². The van der Waals surface area contributed by atoms with Crippen LogP contribution in [0.2, 0.25) is 0 Å². The van der Waals surface area contributed by atoms with Gasteiger partial charge in [-0.15, -0.1) is 11.3 Å². The molecular weight excluding hydrogens is 370 g/mol. The second-order valence-corrected chi connectivity index (χ2v) is 8.67. The molecule has 1 aromatic carbocycles. The van der Waals surface area contributed by atoms with E-state index in [1.807, 2.05) is 24.3 Å². The first-order valence-corrected chi connectivity index (χ1v) is 11.0. The number of nitrogens with one attached hydrogen (secondary N) is 2. The van der Waals surface area contributed by atoms with Crippen molar-refractivity contribution in [2.24, 2.45) is 5.92 Å². The minimum atomic E-state index is -0.124. The minimum absolute atomic E-state index is 0.124. The number of hydrogen-bond donors (Lipinski definition) is 2. The number of nitrogens with zero attached hydrogens (tertiary/aromatic N) is 1. The molecule has 0 spiro atoms. The predicted octanol–water partition coefficient (Wildman–Crippen LogP) is 4.42. The van der Waals surface area contributed by atoms with Gasteiger partial charge in [0.15, 0.2) is 0 Å². The molecular formula is C22H31N3O2S. The second kappa shape index (κ2) is 10.5. The summed E-state index contributed by atoms with van der Waals surface area (Å²) in [6.45, 7) is 8.32. The Bertz CT molecular complexity index is 710. The molecule has 0 aliphatic carbocycles. The first-order chi connectivity index (χ1) is 13.6. The van der Waals surface area contributed by atoms with E-state index in [1.54, 1.807) is 11.3 Å². The summed E-state index contributed by atoms with van der Waals surface area (Å²) in [5.74, 6) is 1.37. The molecule has 1 unspecified atom stereocenters. The zero-order valence-electron chi connectivity index (χ0n) is 16.8. The number of urea groups is 1. The molecule has 2 aromatic rings. The summed E-state index contributed by atoms with van der Waals surface area (Å²) in [4.78, 5) is 16.1. The largest absolute Gasteiger partial charge is 0.493 e. The Morgan fingerprint density at radius 1 is 1.14 bits per heavy atom. The van der Waals surface area contributed by atoms with E-state index in [2.05, 4.69) is 46.9 Å². The summed E-state index contributed by atoms with van der Waals surface area (Å²) in [5, 5.41) is 8.11. The van der Waals surface area contributed by atoms with Crippen molar-refractivity contribution in [2.75, 3.05) is 26.2 Å². The number of carbonyl (C=O) groups is 1. The van der Waals surface area contributed by atoms with Gasteiger partial charge in [0.2, 0.25) is 0 Å². The van der Waals surface area contributed by atoms with Gasteiger partial charge in [0.25, 0.3) is 0 Å². The summed E-state index contributed by atoms with van der Waals surface area (Å²) in [5.41, 5.74) is 1.06. The Labute approximate surface area is 172 Å². The maximum atomic E-state index is 12.3. The monoisotopic (exact) mass is 401 g/mol. The Balaban J connectivity index is 1.44. The first-order valence-electron chi connectivity index (χ1n) is 10.1. The Morgan fingerprint density at radius 2 is 1.89 bits per heavy atom. The molecule has 1 fully saturated rings. The summed E-state index contributed by atoms with van der Waals surface area (Å²) in [7, 11) is 0. The number of thiophene rings is 1. The quantitative estimate of drug-likeness (QED) is 0.654. The molecule has 1 atom stereocenters. The van der Waals surface area contributed by atoms with E-state index in [9.17, 15) is 4.79 Å². The van der Waals surface area contributed by atoms with Gasteiger partial charge in [0, 0.05) is 18.0 Å². The number of amides is 2. The fourth-order valence-electron chi connectivity index (χ4n) is 3.34. The van der Waals surface area contributed by atoms with Gasteiger partial charge in [-0.2, -0.15) is 0 Å². The molecule has 1 aliphatic heterocycles. The van der Waals surface area contributed by atoms with Crippen LogP contribution in [0.25, 0.3) is 0 Å². The lowest BCUT2D eigenvalue weighted by atomic mass is 10.2. The van der Waals surface area contributed by atoms with Crippen LogP contribution in [0.1, 0.15) is 43.2 Å². The van der Waals surface area contributed by atoms with Crippen molar-refractivity contribution in [3.63, 3.8) is 0 Å². The molecule has 5 nitrogen and oxygen atoms in total. The Morgan fingerprint density at radius 3 is 2.54 bits per heavy atom. The molecule has 28 heavy (non-hydrogen) atoms. The molecule has 152 valence electrons. The minimum Gasteiger partial charge on any atom is -0.493 e. The van der Waals surface area contributed by atoms with Crippen LogP contribution in [-0.2, 0) is 6.54 Å². The van der Waals surface area contributed by atoms with Crippen molar-refractivity contribution in [3.8, 4) is 5.75 Å². The molecule has 0 radical (unpaired) electrons. The zero-order valence-corrected chi connectivity index (χ0v) is 17.6. The number of rotatable bonds is 9. The molecule has 1 saturated heterocycles. The fourth-order valence-corrected chi connectivity index (χ4v) is 4.21. The van der Waals surface area contributed by atoms with Crippen molar-refractivity contribution in [1.82, 2.24) is 15.5 Å². The SMILES string of the molecule is CC(C)COc1ccc(CNC(=O)NCC(c2cccs2)N2CCCC2)cc1. The highest BCUT2D eigenvalue weighted by atomic mass is 32.1. The van der Waals surface area contributed by atoms with Crippen molar-refractivity contribution in [3.05, 3.63) is 52.2 Å². The molecule has 1 aromatic heterocycles. The average molecular weight is 402 g/mol. The van der Waals surface area contributed by atoms with E-state index < -0.39 is 0 Å². The van der Waals surface area contributed by atoms with Gasteiger partial charge in [-0.25, -0.2) is 4.79 Å². The molecule has 0 bridgehead atoms. The van der Waals surface area contributed by atoms with Gasteiger partial charge in [-0.1, -0.05) is 32.0 Å². The maximum Gasteiger partial charge on any atom is 0.315 e. The number of ether oxygens (including phenoxy) is 1. The molecule has 2 N–H and O–H groups in total. The van der Waals surface area contributed by atoms with E-state index >= 15 is 0 Å². The first kappa shape index (κ1) is 20.7. The van der Waals surface area contributed by atoms with Crippen LogP contribution in [0.5, 0.6) is 5.75 Å². The highest BCUT2D eigenvalue weighted by Crippen LogP contribution is 2.27. The standard InChI is InChI=1S/C22H31N3O2S/c1-17(2)16-27-19-9-7-18(8-10-19)14-23-22(26)24-15-20(21-6-5-13-28-21)25-11-3-4-12-25/h5-10,13,17,20H,3-4,11-12,14-16H2,1-2H3,(H2,23,24,26). The van der Waals surface area contributed by atoms with E-state index in [-0.39, 0.29) is 12.1 Å². The summed E-state index contributed by atoms with van der Waals surface area (Å²) in [6, 6.07) is 12.3. The van der Waals surface area contributed by atoms with Crippen LogP contribution in [0.3, 0.4) is 0 Å². The van der Waals surface area contributed by atoms with Crippen molar-refractivity contribution in [2.45, 2.75) is 39.3 Å². The number of hydrogen-bond acceptors (Lipinski definition) is 4. The van der Waals surface area contributed by atoms with Crippen LogP contribution < -0.4 is 15.4 Å². The van der Waals surface area contributed by atoms with Crippen LogP contribution in [0, 0.1) is 5.92 Å². The van der Waals surface area contributed by atoms with Gasteiger partial charge in [-0.05, 0) is 61.0 Å². The van der Waals surface area contributed by atoms with Gasteiger partial charge < -0.3 is 15.4 Å². The van der Waals surface area contributed by atoms with E-state index in [0.29, 0.717) is 25.6 Å². The highest BCUT2D eigenvalue weighted by molar-refractivity contribution is 7.10. The van der Waals surface area contributed by atoms with Crippen molar-refractivity contribution >= 4 is 17.4 Å². The molecule has 0 saturated carbocycles. The third-order valence-corrected chi connectivity index (χ3v) is 5.84. The Kier molecular flexibility index (Phi) is 7.74. The van der Waals surface area contributed by atoms with Gasteiger partial charge in [0.05, 0.1) is 12.6 Å². The van der Waals surface area contributed by atoms with E-state index in [1.165, 1.54) is 17.7 Å². The van der Waals surface area contributed by atoms with Crippen LogP contribution >= 0.6 is 11.3 Å². The van der Waals surface area contributed by atoms with Crippen LogP contribution in [0.15, 0.2) is 41.8 Å². The van der Waals surface area contributed by atoms with Crippen LogP contribution in [-0.4, -0.2) is 37.2 Å². The van der Waals surface area contributed by atoms with Gasteiger partial charge in [-0.3, -0.25) is 4.90 Å². The normalized spacial score (nSPS) is 15.5. The molecule has 1 aliphatic rings. The fraction of sp³-hybridized carbons (Fsp3) is 0.500. The average Bonchev–Trinajstić information content (AvgIpc) is 3.40. The zero-order chi connectivity index (χ0) is 19.8. The van der Waals surface area contributed by atoms with Crippen LogP contribution in [0.4, 0.5) is 4.79 Å². The lowest BCUT2D eigenvalue weighted by Gasteiger charge is -2.27. The Hall–Kier alpha value is -2.05. The van der Waals surface area contributed by atoms with E-state index in [4.69, 9.17) is 4.74 Å². The van der Waals surface area contributed by atoms with Gasteiger partial charge >= 0.3 is 6.03 Å². The van der Waals surface area contributed by atoms with E-state index in [0.717, 1.165) is 24.4 Å². The number of likely N-dealkylation sites (tertiary alicyclic amines) is 1. The van der Waals surface area contributed by atoms with Crippen molar-refractivity contribution in [1.29, 1.82) is 0 Å². The topological polar surface area (TPSA) is 53.6 Å². The van der Waals surface area contributed by atoms with Crippen molar-refractivity contribution < 1.29 is 9.53 Å². The maximum absolute atomic E-state index is 12.3. The summed E-state index contributed by atoms with van der Waals surface area (Å²) >= 11 is 1.76. The number of carbonyl (C=O) groups excluding carboxylic acids is 1. The molecule has 2 amide bonds. The third kappa shape index (κ3) is 6.24. The molecule has 3 rings (SSSR count). The second-order valence-electron chi connectivity index (χ2n) is 7.69. The molecule has 6 heteroatoms. The lowest BCUT2D eigenvalue weighted by molar-refractivity contribution is 0.222. The number of benzene rings is 1. The predicted molar refractivity (Wildman–Crippen MR) is 115 cm³/mol. The lowest BCUT2D eigenvalue weighted by Crippen LogP contribution is -2.41. The highest BCUT2D eigenvalue weighted by Gasteiger charge is 2.24. The summed E-state index contributed by atoms with van der Waals surface area (Å²) < 4.78 is 5.69. The smallest absolute Gasteiger partial charge is 0.315 e. The molecule has 2 heterocycles. The third-order valence-electron chi connectivity index (χ3n) is 4.87. The summed E-state index contributed by atoms with van der Waals surface area (Å²) in [6.07, 6.45) is 2.48.